The maximum absolute atomic E-state index is 10.1. The van der Waals surface area contributed by atoms with E-state index >= 15 is 0 Å². The van der Waals surface area contributed by atoms with Crippen molar-refractivity contribution in [3.05, 3.63) is 0 Å². The summed E-state index contributed by atoms with van der Waals surface area (Å²) in [4.78, 5) is 0. The third-order valence-electron chi connectivity index (χ3n) is 3.37. The molecule has 2 heteroatoms. The van der Waals surface area contributed by atoms with Crippen molar-refractivity contribution in [2.45, 2.75) is 70.9 Å². The van der Waals surface area contributed by atoms with Crippen LogP contribution in [-0.4, -0.2) is 23.3 Å². The second-order valence-electron chi connectivity index (χ2n) is 3.97. The average molecular weight is 201 g/mol. The first-order chi connectivity index (χ1) is 6.64. The van der Waals surface area contributed by atoms with E-state index < -0.39 is 5.60 Å². The molecule has 1 saturated carbocycles. The van der Waals surface area contributed by atoms with E-state index in [1.54, 1.807) is 0 Å². The molecule has 2 N–H and O–H groups in total. The van der Waals surface area contributed by atoms with Crippen LogP contribution in [0.2, 0.25) is 0 Å². The van der Waals surface area contributed by atoms with Crippen molar-refractivity contribution in [3.63, 3.8) is 0 Å². The van der Waals surface area contributed by atoms with Gasteiger partial charge in [0.05, 0.1) is 5.60 Å². The molecule has 86 valence electrons. The second kappa shape index (κ2) is 5.72. The predicted octanol–water partition coefficient (Wildman–Crippen LogP) is 2.71. The molecular formula is C12H27NO. The van der Waals surface area contributed by atoms with Gasteiger partial charge in [0.1, 0.15) is 0 Å². The summed E-state index contributed by atoms with van der Waals surface area (Å²) >= 11 is 0. The maximum atomic E-state index is 10.1. The molecule has 0 saturated heterocycles. The Morgan fingerprint density at radius 1 is 1.29 bits per heavy atom. The lowest BCUT2D eigenvalue weighted by molar-refractivity contribution is 0.0304. The molecule has 0 aliphatic heterocycles. The normalized spacial score (nSPS) is 21.9. The number of likely N-dealkylation sites (N-methyl/N-ethyl adjacent to an activating group) is 1. The van der Waals surface area contributed by atoms with E-state index in [-0.39, 0.29) is 5.54 Å². The summed E-state index contributed by atoms with van der Waals surface area (Å²) in [5.74, 6) is 0. The van der Waals surface area contributed by atoms with Crippen molar-refractivity contribution in [2.24, 2.45) is 0 Å². The van der Waals surface area contributed by atoms with E-state index in [1.165, 1.54) is 0 Å². The summed E-state index contributed by atoms with van der Waals surface area (Å²) < 4.78 is 0. The molecule has 0 aromatic rings. The lowest BCUT2D eigenvalue weighted by Gasteiger charge is -2.37. The maximum Gasteiger partial charge on any atom is 0.0830 e. The minimum absolute atomic E-state index is 0.0122. The molecule has 0 heterocycles. The summed E-state index contributed by atoms with van der Waals surface area (Å²) in [6.07, 6.45) is 5.19. The molecule has 1 aliphatic rings. The summed E-state index contributed by atoms with van der Waals surface area (Å²) in [6, 6.07) is 0. The highest BCUT2D eigenvalue weighted by molar-refractivity contribution is 5.13. The molecule has 1 unspecified atom stereocenters. The van der Waals surface area contributed by atoms with Crippen molar-refractivity contribution in [3.8, 4) is 0 Å². The SMILES string of the molecule is CC.CCCC(CC)(NC)C1(O)CC1. The van der Waals surface area contributed by atoms with Gasteiger partial charge in [-0.25, -0.2) is 0 Å². The lowest BCUT2D eigenvalue weighted by Crippen LogP contribution is -2.54. The summed E-state index contributed by atoms with van der Waals surface area (Å²) in [7, 11) is 1.97. The Hall–Kier alpha value is -0.0800. The molecule has 0 aromatic heterocycles. The quantitative estimate of drug-likeness (QED) is 0.717. The average Bonchev–Trinajstić information content (AvgIpc) is 2.97. The molecule has 14 heavy (non-hydrogen) atoms. The third-order valence-corrected chi connectivity index (χ3v) is 3.37. The fourth-order valence-electron chi connectivity index (χ4n) is 2.30. The van der Waals surface area contributed by atoms with Crippen LogP contribution in [0.3, 0.4) is 0 Å². The first-order valence-corrected chi connectivity index (χ1v) is 6.05. The Kier molecular flexibility index (Phi) is 5.68. The monoisotopic (exact) mass is 201 g/mol. The molecule has 1 fully saturated rings. The Morgan fingerprint density at radius 2 is 1.79 bits per heavy atom. The Labute approximate surface area is 89.1 Å². The summed E-state index contributed by atoms with van der Waals surface area (Å²) in [5, 5.41) is 13.4. The van der Waals surface area contributed by atoms with Gasteiger partial charge in [-0.15, -0.1) is 0 Å². The molecule has 1 aliphatic carbocycles. The second-order valence-corrected chi connectivity index (χ2v) is 3.97. The van der Waals surface area contributed by atoms with Crippen LogP contribution in [-0.2, 0) is 0 Å². The Morgan fingerprint density at radius 3 is 2.00 bits per heavy atom. The van der Waals surface area contributed by atoms with Crippen LogP contribution in [0.5, 0.6) is 0 Å². The molecule has 1 rings (SSSR count). The van der Waals surface area contributed by atoms with Gasteiger partial charge >= 0.3 is 0 Å². The fraction of sp³-hybridized carbons (Fsp3) is 1.00. The molecule has 0 bridgehead atoms. The summed E-state index contributed by atoms with van der Waals surface area (Å²) in [6.45, 7) is 8.33. The van der Waals surface area contributed by atoms with Gasteiger partial charge in [0.2, 0.25) is 0 Å². The highest BCUT2D eigenvalue weighted by atomic mass is 16.3. The van der Waals surface area contributed by atoms with Crippen LogP contribution < -0.4 is 5.32 Å². The van der Waals surface area contributed by atoms with Crippen LogP contribution in [0.4, 0.5) is 0 Å². The Bertz CT molecular complexity index is 148. The van der Waals surface area contributed by atoms with E-state index in [9.17, 15) is 5.11 Å². The topological polar surface area (TPSA) is 32.3 Å². The Balaban J connectivity index is 0.000000791. The van der Waals surface area contributed by atoms with Gasteiger partial charge in [0, 0.05) is 5.54 Å². The predicted molar refractivity (Wildman–Crippen MR) is 62.5 cm³/mol. The molecule has 0 aromatic carbocycles. The first kappa shape index (κ1) is 13.9. The van der Waals surface area contributed by atoms with Crippen molar-refractivity contribution in [1.29, 1.82) is 0 Å². The van der Waals surface area contributed by atoms with Gasteiger partial charge in [-0.1, -0.05) is 34.1 Å². The van der Waals surface area contributed by atoms with E-state index in [2.05, 4.69) is 19.2 Å². The first-order valence-electron chi connectivity index (χ1n) is 6.05. The summed E-state index contributed by atoms with van der Waals surface area (Å²) in [5.41, 5.74) is -0.408. The number of nitrogens with one attached hydrogen (secondary N) is 1. The van der Waals surface area contributed by atoms with Crippen LogP contribution in [0.1, 0.15) is 59.8 Å². The molecule has 1 atom stereocenters. The zero-order valence-corrected chi connectivity index (χ0v) is 10.5. The van der Waals surface area contributed by atoms with Gasteiger partial charge in [-0.05, 0) is 32.7 Å². The van der Waals surface area contributed by atoms with Crippen LogP contribution in [0.25, 0.3) is 0 Å². The number of rotatable bonds is 5. The van der Waals surface area contributed by atoms with Gasteiger partial charge in [0.25, 0.3) is 0 Å². The lowest BCUT2D eigenvalue weighted by atomic mass is 9.83. The molecule has 0 radical (unpaired) electrons. The molecule has 0 amide bonds. The molecule has 0 spiro atoms. The van der Waals surface area contributed by atoms with E-state index in [4.69, 9.17) is 0 Å². The molecular weight excluding hydrogens is 174 g/mol. The third kappa shape index (κ3) is 2.48. The van der Waals surface area contributed by atoms with Gasteiger partial charge in [-0.3, -0.25) is 0 Å². The van der Waals surface area contributed by atoms with Gasteiger partial charge in [-0.2, -0.15) is 0 Å². The number of hydrogen-bond acceptors (Lipinski definition) is 2. The minimum Gasteiger partial charge on any atom is -0.388 e. The highest BCUT2D eigenvalue weighted by Gasteiger charge is 2.55. The van der Waals surface area contributed by atoms with Crippen LogP contribution >= 0.6 is 0 Å². The van der Waals surface area contributed by atoms with E-state index in [1.807, 2.05) is 20.9 Å². The van der Waals surface area contributed by atoms with Crippen molar-refractivity contribution in [2.75, 3.05) is 7.05 Å². The van der Waals surface area contributed by atoms with Crippen LogP contribution in [0.15, 0.2) is 0 Å². The standard InChI is InChI=1S/C10H21NO.C2H6/c1-4-6-9(5-2,11-3)10(12)7-8-10;1-2/h11-12H,4-8H2,1-3H3;1-2H3. The number of hydrogen-bond donors (Lipinski definition) is 2. The van der Waals surface area contributed by atoms with Crippen LogP contribution in [0, 0.1) is 0 Å². The largest absolute Gasteiger partial charge is 0.388 e. The van der Waals surface area contributed by atoms with Crippen molar-refractivity contribution in [1.82, 2.24) is 5.32 Å². The van der Waals surface area contributed by atoms with Gasteiger partial charge in [0.15, 0.2) is 0 Å². The fourth-order valence-corrected chi connectivity index (χ4v) is 2.30. The van der Waals surface area contributed by atoms with Crippen molar-refractivity contribution >= 4 is 0 Å². The minimum atomic E-state index is -0.396. The van der Waals surface area contributed by atoms with E-state index in [0.29, 0.717) is 0 Å². The number of aliphatic hydroxyl groups is 1. The zero-order chi connectivity index (χ0) is 11.2. The zero-order valence-electron chi connectivity index (χ0n) is 10.5. The smallest absolute Gasteiger partial charge is 0.0830 e. The highest BCUT2D eigenvalue weighted by Crippen LogP contribution is 2.48. The van der Waals surface area contributed by atoms with E-state index in [0.717, 1.165) is 32.1 Å². The van der Waals surface area contributed by atoms with Gasteiger partial charge < -0.3 is 10.4 Å². The van der Waals surface area contributed by atoms with Crippen molar-refractivity contribution < 1.29 is 5.11 Å². The molecule has 2 nitrogen and oxygen atoms in total.